The lowest BCUT2D eigenvalue weighted by molar-refractivity contribution is 0.0599. The zero-order valence-corrected chi connectivity index (χ0v) is 11.1. The number of fused-ring (bicyclic) bond motifs is 1. The summed E-state index contributed by atoms with van der Waals surface area (Å²) in [6, 6.07) is 3.14. The second-order valence-corrected chi connectivity index (χ2v) is 6.17. The number of aryl methyl sites for hydroxylation is 1. The molecule has 0 saturated heterocycles. The van der Waals surface area contributed by atoms with Gasteiger partial charge in [0.2, 0.25) is 0 Å². The Bertz CT molecular complexity index is 592. The number of ether oxygens (including phenoxy) is 1. The van der Waals surface area contributed by atoms with Crippen LogP contribution in [0.1, 0.15) is 22.8 Å². The Kier molecular flexibility index (Phi) is 3.30. The summed E-state index contributed by atoms with van der Waals surface area (Å²) in [5.41, 5.74) is 1.68. The smallest absolute Gasteiger partial charge is 0.338 e. The Labute approximate surface area is 106 Å². The van der Waals surface area contributed by atoms with E-state index in [4.69, 9.17) is 0 Å². The van der Waals surface area contributed by atoms with Gasteiger partial charge in [0.25, 0.3) is 0 Å². The molecule has 0 radical (unpaired) electrons. The lowest BCUT2D eigenvalue weighted by Gasteiger charge is -2.20. The Morgan fingerprint density at radius 3 is 2.78 bits per heavy atom. The topological polar surface area (TPSA) is 72.5 Å². The third kappa shape index (κ3) is 2.08. The highest BCUT2D eigenvalue weighted by atomic mass is 32.2. The van der Waals surface area contributed by atoms with Crippen LogP contribution in [-0.2, 0) is 21.0 Å². The van der Waals surface area contributed by atoms with Gasteiger partial charge in [-0.2, -0.15) is 0 Å². The van der Waals surface area contributed by atoms with Gasteiger partial charge < -0.3 is 10.1 Å². The number of hydrogen-bond acceptors (Lipinski definition) is 5. The number of nitrogens with one attached hydrogen (secondary N) is 1. The zero-order valence-electron chi connectivity index (χ0n) is 10.3. The molecule has 18 heavy (non-hydrogen) atoms. The fourth-order valence-electron chi connectivity index (χ4n) is 2.04. The van der Waals surface area contributed by atoms with Crippen LogP contribution in [0.4, 0.5) is 5.69 Å². The van der Waals surface area contributed by atoms with Crippen LogP contribution in [0.2, 0.25) is 0 Å². The van der Waals surface area contributed by atoms with E-state index >= 15 is 0 Å². The molecule has 1 N–H and O–H groups in total. The van der Waals surface area contributed by atoms with E-state index in [0.717, 1.165) is 5.56 Å². The van der Waals surface area contributed by atoms with Gasteiger partial charge in [-0.3, -0.25) is 0 Å². The van der Waals surface area contributed by atoms with E-state index in [2.05, 4.69) is 10.1 Å². The van der Waals surface area contributed by atoms with Crippen LogP contribution >= 0.6 is 0 Å². The van der Waals surface area contributed by atoms with Crippen molar-refractivity contribution in [2.24, 2.45) is 0 Å². The highest BCUT2D eigenvalue weighted by molar-refractivity contribution is 7.91. The summed E-state index contributed by atoms with van der Waals surface area (Å²) in [7, 11) is -2.02. The van der Waals surface area contributed by atoms with Crippen molar-refractivity contribution in [1.29, 1.82) is 0 Å². The average Bonchev–Trinajstić information content (AvgIpc) is 2.36. The minimum absolute atomic E-state index is 0.0477. The van der Waals surface area contributed by atoms with Crippen molar-refractivity contribution in [2.75, 3.05) is 24.7 Å². The second kappa shape index (κ2) is 4.61. The maximum Gasteiger partial charge on any atom is 0.338 e. The number of hydrogen-bond donors (Lipinski definition) is 1. The monoisotopic (exact) mass is 269 g/mol. The Balaban J connectivity index is 2.67. The van der Waals surface area contributed by atoms with Crippen molar-refractivity contribution in [3.05, 3.63) is 23.3 Å². The molecular formula is C12H15NO4S. The number of carbonyl (C=O) groups is 1. The van der Waals surface area contributed by atoms with Gasteiger partial charge in [0.05, 0.1) is 29.0 Å². The summed E-state index contributed by atoms with van der Waals surface area (Å²) in [4.78, 5) is 11.8. The van der Waals surface area contributed by atoms with Gasteiger partial charge >= 0.3 is 5.97 Å². The maximum absolute atomic E-state index is 11.9. The lowest BCUT2D eigenvalue weighted by atomic mass is 10.0. The first-order valence-electron chi connectivity index (χ1n) is 5.71. The molecule has 1 heterocycles. The highest BCUT2D eigenvalue weighted by Gasteiger charge is 2.26. The number of benzene rings is 1. The first-order chi connectivity index (χ1) is 8.49. The van der Waals surface area contributed by atoms with Gasteiger partial charge in [-0.15, -0.1) is 0 Å². The van der Waals surface area contributed by atoms with Crippen LogP contribution in [0.3, 0.4) is 0 Å². The van der Waals surface area contributed by atoms with E-state index in [1.54, 1.807) is 6.07 Å². The van der Waals surface area contributed by atoms with Crippen LogP contribution in [0, 0.1) is 0 Å². The average molecular weight is 269 g/mol. The standard InChI is InChI=1S/C12H15NO4S/c1-3-8-6-10-11(7-9(8)12(14)17-2)18(15,16)5-4-13-10/h6-7,13H,3-5H2,1-2H3. The Morgan fingerprint density at radius 1 is 1.44 bits per heavy atom. The fourth-order valence-corrected chi connectivity index (χ4v) is 3.40. The van der Waals surface area contributed by atoms with Crippen LogP contribution in [0.5, 0.6) is 0 Å². The highest BCUT2D eigenvalue weighted by Crippen LogP contribution is 2.30. The summed E-state index contributed by atoms with van der Waals surface area (Å²) in [6.45, 7) is 2.31. The largest absolute Gasteiger partial charge is 0.465 e. The summed E-state index contributed by atoms with van der Waals surface area (Å²) in [6.07, 6.45) is 0.638. The van der Waals surface area contributed by atoms with Gasteiger partial charge in [0, 0.05) is 6.54 Å². The molecule has 0 amide bonds. The van der Waals surface area contributed by atoms with Crippen LogP contribution < -0.4 is 5.32 Å². The third-order valence-electron chi connectivity index (χ3n) is 3.01. The van der Waals surface area contributed by atoms with E-state index in [9.17, 15) is 13.2 Å². The van der Waals surface area contributed by atoms with E-state index in [1.165, 1.54) is 13.2 Å². The number of carbonyl (C=O) groups excluding carboxylic acids is 1. The summed E-state index contributed by atoms with van der Waals surface area (Å²) >= 11 is 0. The molecule has 0 bridgehead atoms. The second-order valence-electron chi connectivity index (χ2n) is 4.10. The summed E-state index contributed by atoms with van der Waals surface area (Å²) in [5, 5.41) is 3.05. The maximum atomic E-state index is 11.9. The molecule has 5 nitrogen and oxygen atoms in total. The normalized spacial score (nSPS) is 16.6. The molecule has 1 aromatic carbocycles. The lowest BCUT2D eigenvalue weighted by Crippen LogP contribution is -2.24. The molecular weight excluding hydrogens is 254 g/mol. The molecule has 1 aromatic rings. The SMILES string of the molecule is CCc1cc2c(cc1C(=O)OC)S(=O)(=O)CCN2. The summed E-state index contributed by atoms with van der Waals surface area (Å²) < 4.78 is 28.6. The van der Waals surface area contributed by atoms with E-state index in [1.807, 2.05) is 6.92 Å². The Morgan fingerprint density at radius 2 is 2.17 bits per heavy atom. The minimum atomic E-state index is -3.30. The van der Waals surface area contributed by atoms with E-state index in [-0.39, 0.29) is 10.6 Å². The summed E-state index contributed by atoms with van der Waals surface area (Å²) in [5.74, 6) is -0.457. The van der Waals surface area contributed by atoms with Gasteiger partial charge in [-0.25, -0.2) is 13.2 Å². The predicted octanol–water partition coefficient (Wildman–Crippen LogP) is 1.23. The first-order valence-corrected chi connectivity index (χ1v) is 7.36. The number of anilines is 1. The van der Waals surface area contributed by atoms with E-state index in [0.29, 0.717) is 24.2 Å². The molecule has 98 valence electrons. The van der Waals surface area contributed by atoms with Gasteiger partial charge in [0.1, 0.15) is 0 Å². The van der Waals surface area contributed by atoms with Crippen molar-refractivity contribution in [1.82, 2.24) is 0 Å². The molecule has 0 saturated carbocycles. The Hall–Kier alpha value is -1.56. The van der Waals surface area contributed by atoms with Gasteiger partial charge in [0.15, 0.2) is 9.84 Å². The van der Waals surface area contributed by atoms with E-state index < -0.39 is 15.8 Å². The number of rotatable bonds is 2. The number of methoxy groups -OCH3 is 1. The number of sulfone groups is 1. The van der Waals surface area contributed by atoms with Crippen molar-refractivity contribution in [3.8, 4) is 0 Å². The van der Waals surface area contributed by atoms with Crippen LogP contribution in [0.15, 0.2) is 17.0 Å². The molecule has 6 heteroatoms. The molecule has 0 aliphatic carbocycles. The molecule has 0 atom stereocenters. The molecule has 0 fully saturated rings. The molecule has 2 rings (SSSR count). The molecule has 1 aliphatic heterocycles. The molecule has 0 aromatic heterocycles. The molecule has 0 unspecified atom stereocenters. The van der Waals surface area contributed by atoms with Crippen molar-refractivity contribution in [3.63, 3.8) is 0 Å². The quantitative estimate of drug-likeness (QED) is 0.818. The zero-order chi connectivity index (χ0) is 13.3. The van der Waals surface area contributed by atoms with Crippen molar-refractivity contribution < 1.29 is 17.9 Å². The van der Waals surface area contributed by atoms with Gasteiger partial charge in [-0.1, -0.05) is 6.92 Å². The van der Waals surface area contributed by atoms with Crippen LogP contribution in [0.25, 0.3) is 0 Å². The van der Waals surface area contributed by atoms with Gasteiger partial charge in [-0.05, 0) is 24.1 Å². The fraction of sp³-hybridized carbons (Fsp3) is 0.417. The van der Waals surface area contributed by atoms with Crippen molar-refractivity contribution >= 4 is 21.5 Å². The number of esters is 1. The molecule has 0 spiro atoms. The van der Waals surface area contributed by atoms with Crippen molar-refractivity contribution in [2.45, 2.75) is 18.2 Å². The minimum Gasteiger partial charge on any atom is -0.465 e. The molecule has 1 aliphatic rings. The first kappa shape index (κ1) is 12.9. The predicted molar refractivity (Wildman–Crippen MR) is 67.7 cm³/mol. The van der Waals surface area contributed by atoms with Crippen LogP contribution in [-0.4, -0.2) is 33.8 Å². The third-order valence-corrected chi connectivity index (χ3v) is 4.76.